The molecule has 25 heavy (non-hydrogen) atoms. The second-order valence-electron chi connectivity index (χ2n) is 6.51. The SMILES string of the molecule is CC1CCCN(C(=O)c2cccc(C(=O)Nc3ccccc3Cl)c2)C1. The van der Waals surface area contributed by atoms with Gasteiger partial charge in [-0.15, -0.1) is 0 Å². The molecule has 1 saturated heterocycles. The summed E-state index contributed by atoms with van der Waals surface area (Å²) in [6.07, 6.45) is 2.18. The fraction of sp³-hybridized carbons (Fsp3) is 0.300. The van der Waals surface area contributed by atoms with Crippen molar-refractivity contribution < 1.29 is 9.59 Å². The van der Waals surface area contributed by atoms with Gasteiger partial charge in [0.25, 0.3) is 11.8 Å². The van der Waals surface area contributed by atoms with Gasteiger partial charge in [0.15, 0.2) is 0 Å². The van der Waals surface area contributed by atoms with E-state index in [0.717, 1.165) is 25.9 Å². The molecule has 2 aromatic rings. The number of halogens is 1. The van der Waals surface area contributed by atoms with Crippen molar-refractivity contribution in [1.82, 2.24) is 4.90 Å². The van der Waals surface area contributed by atoms with E-state index in [1.54, 1.807) is 48.5 Å². The van der Waals surface area contributed by atoms with Crippen molar-refractivity contribution in [1.29, 1.82) is 0 Å². The van der Waals surface area contributed by atoms with E-state index in [2.05, 4.69) is 12.2 Å². The maximum Gasteiger partial charge on any atom is 0.255 e. The highest BCUT2D eigenvalue weighted by atomic mass is 35.5. The molecule has 130 valence electrons. The van der Waals surface area contributed by atoms with E-state index in [-0.39, 0.29) is 11.8 Å². The largest absolute Gasteiger partial charge is 0.338 e. The summed E-state index contributed by atoms with van der Waals surface area (Å²) in [5.41, 5.74) is 1.53. The predicted molar refractivity (Wildman–Crippen MR) is 100 cm³/mol. The van der Waals surface area contributed by atoms with Gasteiger partial charge in [-0.1, -0.05) is 36.7 Å². The lowest BCUT2D eigenvalue weighted by molar-refractivity contribution is 0.0683. The molecule has 1 unspecified atom stereocenters. The summed E-state index contributed by atoms with van der Waals surface area (Å²) >= 11 is 6.08. The molecule has 0 spiro atoms. The first kappa shape index (κ1) is 17.5. The van der Waals surface area contributed by atoms with Gasteiger partial charge in [0, 0.05) is 24.2 Å². The van der Waals surface area contributed by atoms with E-state index in [1.165, 1.54) is 0 Å². The highest BCUT2D eigenvalue weighted by molar-refractivity contribution is 6.33. The number of carbonyl (C=O) groups is 2. The molecule has 0 aromatic heterocycles. The number of piperidine rings is 1. The molecule has 1 fully saturated rings. The van der Waals surface area contributed by atoms with Crippen LogP contribution in [0.25, 0.3) is 0 Å². The molecular weight excluding hydrogens is 336 g/mol. The maximum absolute atomic E-state index is 12.7. The van der Waals surface area contributed by atoms with Gasteiger partial charge in [-0.05, 0) is 49.1 Å². The quantitative estimate of drug-likeness (QED) is 0.882. The average Bonchev–Trinajstić information content (AvgIpc) is 2.63. The van der Waals surface area contributed by atoms with Crippen LogP contribution in [0.15, 0.2) is 48.5 Å². The van der Waals surface area contributed by atoms with Crippen LogP contribution in [0.1, 0.15) is 40.5 Å². The number of hydrogen-bond donors (Lipinski definition) is 1. The molecule has 4 nitrogen and oxygen atoms in total. The van der Waals surface area contributed by atoms with E-state index < -0.39 is 0 Å². The third-order valence-electron chi connectivity index (χ3n) is 4.44. The van der Waals surface area contributed by atoms with Crippen LogP contribution >= 0.6 is 11.6 Å². The fourth-order valence-electron chi connectivity index (χ4n) is 3.11. The number of amides is 2. The average molecular weight is 357 g/mol. The van der Waals surface area contributed by atoms with Gasteiger partial charge >= 0.3 is 0 Å². The van der Waals surface area contributed by atoms with Crippen LogP contribution in [0.4, 0.5) is 5.69 Å². The molecule has 0 radical (unpaired) electrons. The molecule has 0 aliphatic carbocycles. The molecule has 2 aromatic carbocycles. The molecule has 0 bridgehead atoms. The minimum Gasteiger partial charge on any atom is -0.338 e. The predicted octanol–water partition coefficient (Wildman–Crippen LogP) is 4.46. The van der Waals surface area contributed by atoms with E-state index in [1.807, 2.05) is 4.90 Å². The summed E-state index contributed by atoms with van der Waals surface area (Å²) in [6.45, 7) is 3.71. The van der Waals surface area contributed by atoms with Crippen molar-refractivity contribution in [2.45, 2.75) is 19.8 Å². The number of carbonyl (C=O) groups excluding carboxylic acids is 2. The van der Waals surface area contributed by atoms with Gasteiger partial charge in [0.2, 0.25) is 0 Å². The first-order chi connectivity index (χ1) is 12.0. The Morgan fingerprint density at radius 1 is 1.12 bits per heavy atom. The second-order valence-corrected chi connectivity index (χ2v) is 6.92. The van der Waals surface area contributed by atoms with Crippen LogP contribution < -0.4 is 5.32 Å². The summed E-state index contributed by atoms with van der Waals surface area (Å²) < 4.78 is 0. The van der Waals surface area contributed by atoms with Crippen molar-refractivity contribution in [3.8, 4) is 0 Å². The molecular formula is C20H21ClN2O2. The van der Waals surface area contributed by atoms with Crippen LogP contribution in [0, 0.1) is 5.92 Å². The third kappa shape index (κ3) is 4.20. The minimum absolute atomic E-state index is 0.0149. The number of benzene rings is 2. The zero-order chi connectivity index (χ0) is 17.8. The zero-order valence-electron chi connectivity index (χ0n) is 14.2. The van der Waals surface area contributed by atoms with E-state index in [9.17, 15) is 9.59 Å². The van der Waals surface area contributed by atoms with Crippen molar-refractivity contribution in [3.63, 3.8) is 0 Å². The number of hydrogen-bond acceptors (Lipinski definition) is 2. The zero-order valence-corrected chi connectivity index (χ0v) is 14.9. The van der Waals surface area contributed by atoms with Crippen molar-refractivity contribution >= 4 is 29.1 Å². The maximum atomic E-state index is 12.7. The second kappa shape index (κ2) is 7.70. The Morgan fingerprint density at radius 2 is 1.88 bits per heavy atom. The molecule has 1 atom stereocenters. The number of nitrogens with zero attached hydrogens (tertiary/aromatic N) is 1. The van der Waals surface area contributed by atoms with Crippen LogP contribution in [-0.4, -0.2) is 29.8 Å². The van der Waals surface area contributed by atoms with E-state index >= 15 is 0 Å². The van der Waals surface area contributed by atoms with Crippen LogP contribution in [0.5, 0.6) is 0 Å². The normalized spacial score (nSPS) is 17.2. The molecule has 2 amide bonds. The van der Waals surface area contributed by atoms with Crippen LogP contribution in [-0.2, 0) is 0 Å². The summed E-state index contributed by atoms with van der Waals surface area (Å²) in [6, 6.07) is 13.9. The van der Waals surface area contributed by atoms with Crippen LogP contribution in [0.3, 0.4) is 0 Å². The Labute approximate surface area is 152 Å². The molecule has 1 N–H and O–H groups in total. The monoisotopic (exact) mass is 356 g/mol. The number of likely N-dealkylation sites (tertiary alicyclic amines) is 1. The first-order valence-corrected chi connectivity index (χ1v) is 8.87. The molecule has 0 saturated carbocycles. The first-order valence-electron chi connectivity index (χ1n) is 8.50. The van der Waals surface area contributed by atoms with E-state index in [4.69, 9.17) is 11.6 Å². The smallest absolute Gasteiger partial charge is 0.255 e. The van der Waals surface area contributed by atoms with Crippen molar-refractivity contribution in [2.24, 2.45) is 5.92 Å². The Bertz CT molecular complexity index is 791. The summed E-state index contributed by atoms with van der Waals surface area (Å²) in [4.78, 5) is 27.1. The van der Waals surface area contributed by atoms with Gasteiger partial charge < -0.3 is 10.2 Å². The number of nitrogens with one attached hydrogen (secondary N) is 1. The highest BCUT2D eigenvalue weighted by Gasteiger charge is 2.22. The van der Waals surface area contributed by atoms with Crippen LogP contribution in [0.2, 0.25) is 5.02 Å². The van der Waals surface area contributed by atoms with Gasteiger partial charge in [-0.3, -0.25) is 9.59 Å². The molecule has 5 heteroatoms. The molecule has 3 rings (SSSR count). The number of rotatable bonds is 3. The van der Waals surface area contributed by atoms with Gasteiger partial charge in [0.1, 0.15) is 0 Å². The lowest BCUT2D eigenvalue weighted by atomic mass is 9.99. The lowest BCUT2D eigenvalue weighted by Crippen LogP contribution is -2.39. The summed E-state index contributed by atoms with van der Waals surface area (Å²) in [5.74, 6) is 0.220. The Kier molecular flexibility index (Phi) is 5.39. The van der Waals surface area contributed by atoms with Crippen molar-refractivity contribution in [2.75, 3.05) is 18.4 Å². The highest BCUT2D eigenvalue weighted by Crippen LogP contribution is 2.22. The Balaban J connectivity index is 1.75. The lowest BCUT2D eigenvalue weighted by Gasteiger charge is -2.31. The third-order valence-corrected chi connectivity index (χ3v) is 4.77. The fourth-order valence-corrected chi connectivity index (χ4v) is 3.29. The van der Waals surface area contributed by atoms with E-state index in [0.29, 0.717) is 27.8 Å². The van der Waals surface area contributed by atoms with Crippen molar-refractivity contribution in [3.05, 3.63) is 64.7 Å². The van der Waals surface area contributed by atoms with Gasteiger partial charge in [0.05, 0.1) is 10.7 Å². The Morgan fingerprint density at radius 3 is 2.64 bits per heavy atom. The van der Waals surface area contributed by atoms with Gasteiger partial charge in [-0.2, -0.15) is 0 Å². The molecule has 1 heterocycles. The van der Waals surface area contributed by atoms with Gasteiger partial charge in [-0.25, -0.2) is 0 Å². The molecule has 1 aliphatic rings. The summed E-state index contributed by atoms with van der Waals surface area (Å²) in [7, 11) is 0. The molecule has 1 aliphatic heterocycles. The topological polar surface area (TPSA) is 49.4 Å². The Hall–Kier alpha value is -2.33. The number of anilines is 1. The number of para-hydroxylation sites is 1. The minimum atomic E-state index is -0.283. The summed E-state index contributed by atoms with van der Waals surface area (Å²) in [5, 5.41) is 3.26. The standard InChI is InChI=1S/C20H21ClN2O2/c1-14-6-5-11-23(13-14)20(25)16-8-4-7-15(12-16)19(24)22-18-10-3-2-9-17(18)21/h2-4,7-10,12,14H,5-6,11,13H2,1H3,(H,22,24).